The second-order valence-electron chi connectivity index (χ2n) is 6.80. The van der Waals surface area contributed by atoms with Crippen LogP contribution in [0.15, 0.2) is 41.9 Å². The van der Waals surface area contributed by atoms with Gasteiger partial charge in [-0.25, -0.2) is 9.98 Å². The van der Waals surface area contributed by atoms with Crippen LogP contribution in [0.3, 0.4) is 0 Å². The van der Waals surface area contributed by atoms with E-state index in [-0.39, 0.29) is 21.0 Å². The molecule has 1 aliphatic carbocycles. The van der Waals surface area contributed by atoms with E-state index < -0.39 is 11.7 Å². The summed E-state index contributed by atoms with van der Waals surface area (Å²) in [6.07, 6.45) is 9.10. The van der Waals surface area contributed by atoms with Crippen molar-refractivity contribution in [3.63, 3.8) is 0 Å². The van der Waals surface area contributed by atoms with Crippen molar-refractivity contribution in [1.82, 2.24) is 14.3 Å². The molecule has 4 rings (SSSR count). The summed E-state index contributed by atoms with van der Waals surface area (Å²) >= 11 is 11.9. The maximum atomic E-state index is 12.8. The van der Waals surface area contributed by atoms with E-state index in [9.17, 15) is 14.8 Å². The third-order valence-corrected chi connectivity index (χ3v) is 5.46. The summed E-state index contributed by atoms with van der Waals surface area (Å²) in [5, 5.41) is 9.84. The van der Waals surface area contributed by atoms with E-state index in [1.165, 1.54) is 6.42 Å². The molecule has 1 saturated carbocycles. The minimum absolute atomic E-state index is 0.0507. The number of halogens is 2. The number of rotatable bonds is 4. The first-order chi connectivity index (χ1) is 13.4. The van der Waals surface area contributed by atoms with Crippen LogP contribution >= 0.6 is 23.2 Å². The van der Waals surface area contributed by atoms with Crippen molar-refractivity contribution in [2.75, 3.05) is 0 Å². The molecule has 7 nitrogen and oxygen atoms in total. The van der Waals surface area contributed by atoms with Crippen molar-refractivity contribution < 1.29 is 14.8 Å². The molecule has 1 aliphatic rings. The predicted octanol–water partition coefficient (Wildman–Crippen LogP) is 3.49. The first kappa shape index (κ1) is 18.7. The van der Waals surface area contributed by atoms with Crippen LogP contribution in [0.2, 0.25) is 10.0 Å². The van der Waals surface area contributed by atoms with Crippen LogP contribution in [0.25, 0.3) is 11.0 Å². The minimum atomic E-state index is -0.994. The molecule has 3 aromatic rings. The number of hydrogen-bond donors (Lipinski definition) is 1. The third kappa shape index (κ3) is 3.43. The molecule has 28 heavy (non-hydrogen) atoms. The summed E-state index contributed by atoms with van der Waals surface area (Å²) < 4.78 is 2.58. The lowest BCUT2D eigenvalue weighted by molar-refractivity contribution is -0.114. The van der Waals surface area contributed by atoms with Crippen molar-refractivity contribution in [3.05, 3.63) is 57.9 Å². The highest BCUT2D eigenvalue weighted by atomic mass is 35.5. The van der Waals surface area contributed by atoms with E-state index in [2.05, 4.69) is 9.98 Å². The van der Waals surface area contributed by atoms with Crippen LogP contribution in [-0.4, -0.2) is 31.2 Å². The molecule has 0 aromatic carbocycles. The molecule has 0 bridgehead atoms. The second kappa shape index (κ2) is 7.41. The van der Waals surface area contributed by atoms with Crippen LogP contribution < -0.4 is 5.36 Å². The molecular formula is C19H16Cl2N4O3. The number of amides is 1. The van der Waals surface area contributed by atoms with E-state index in [1.807, 2.05) is 4.57 Å². The quantitative estimate of drug-likeness (QED) is 0.398. The van der Waals surface area contributed by atoms with Gasteiger partial charge in [-0.2, -0.15) is 4.73 Å². The van der Waals surface area contributed by atoms with Gasteiger partial charge in [-0.1, -0.05) is 29.6 Å². The monoisotopic (exact) mass is 418 g/mol. The summed E-state index contributed by atoms with van der Waals surface area (Å²) in [5.41, 5.74) is 0.916. The van der Waals surface area contributed by atoms with E-state index in [0.717, 1.165) is 31.8 Å². The highest BCUT2D eigenvalue weighted by Gasteiger charge is 2.24. The zero-order valence-corrected chi connectivity index (χ0v) is 16.2. The lowest BCUT2D eigenvalue weighted by atomic mass is 9.85. The van der Waals surface area contributed by atoms with Gasteiger partial charge in [0.1, 0.15) is 11.0 Å². The van der Waals surface area contributed by atoms with Gasteiger partial charge in [0.05, 0.1) is 28.0 Å². The van der Waals surface area contributed by atoms with Crippen LogP contribution in [-0.2, 0) is 11.3 Å². The predicted molar refractivity (Wildman–Crippen MR) is 104 cm³/mol. The van der Waals surface area contributed by atoms with E-state index in [1.54, 1.807) is 24.5 Å². The van der Waals surface area contributed by atoms with Crippen molar-refractivity contribution in [2.24, 2.45) is 10.9 Å². The standard InChI is InChI=1S/C19H16Cl2N4O3/c20-14-9-25(28)10-15(21)16(14)23-19(27)17(26)13-8-24(7-11-3-1-4-11)18-12(13)5-2-6-22-18/h2,5-6,8-11,28H,1,3-4,7H2. The lowest BCUT2D eigenvalue weighted by Gasteiger charge is -2.25. The first-order valence-corrected chi connectivity index (χ1v) is 9.53. The maximum Gasteiger partial charge on any atom is 0.318 e. The van der Waals surface area contributed by atoms with E-state index in [0.29, 0.717) is 21.7 Å². The number of hydrogen-bond acceptors (Lipinski definition) is 4. The molecule has 0 aliphatic heterocycles. The van der Waals surface area contributed by atoms with Crippen molar-refractivity contribution in [1.29, 1.82) is 0 Å². The van der Waals surface area contributed by atoms with Crippen LogP contribution in [0, 0.1) is 5.92 Å². The third-order valence-electron chi connectivity index (χ3n) is 4.91. The van der Waals surface area contributed by atoms with Crippen LogP contribution in [0.1, 0.15) is 29.6 Å². The number of pyridine rings is 2. The zero-order chi connectivity index (χ0) is 19.8. The Labute approximate surface area is 169 Å². The number of fused-ring (bicyclic) bond motifs is 1. The average molecular weight is 419 g/mol. The van der Waals surface area contributed by atoms with Gasteiger partial charge in [-0.05, 0) is 30.9 Å². The van der Waals surface area contributed by atoms with Gasteiger partial charge in [0.2, 0.25) is 0 Å². The molecule has 0 atom stereocenters. The summed E-state index contributed by atoms with van der Waals surface area (Å²) in [6.45, 7) is 0.763. The molecule has 3 aromatic heterocycles. The molecule has 0 unspecified atom stereocenters. The first-order valence-electron chi connectivity index (χ1n) is 8.78. The highest BCUT2D eigenvalue weighted by Crippen LogP contribution is 2.30. The van der Waals surface area contributed by atoms with E-state index in [4.69, 9.17) is 23.2 Å². The number of ketones is 1. The van der Waals surface area contributed by atoms with Gasteiger partial charge in [0, 0.05) is 24.3 Å². The summed E-state index contributed by atoms with van der Waals surface area (Å²) in [5.74, 6) is -1.20. The normalized spacial score (nSPS) is 14.1. The summed E-state index contributed by atoms with van der Waals surface area (Å²) in [6, 6.07) is 3.48. The topological polar surface area (TPSA) is 89.5 Å². The maximum absolute atomic E-state index is 12.8. The Balaban J connectivity index is 1.73. The number of carbonyl (C=O) groups excluding carboxylic acids is 2. The lowest BCUT2D eigenvalue weighted by Crippen LogP contribution is -2.19. The molecule has 0 saturated heterocycles. The Morgan fingerprint density at radius 3 is 2.57 bits per heavy atom. The molecular weight excluding hydrogens is 403 g/mol. The minimum Gasteiger partial charge on any atom is -0.429 e. The van der Waals surface area contributed by atoms with Crippen LogP contribution in [0.5, 0.6) is 0 Å². The summed E-state index contributed by atoms with van der Waals surface area (Å²) in [7, 11) is 0. The van der Waals surface area contributed by atoms with E-state index >= 15 is 0 Å². The molecule has 3 heterocycles. The Kier molecular flexibility index (Phi) is 4.95. The Hall–Kier alpha value is -2.64. The number of carbonyl (C=O) groups is 2. The molecule has 0 spiro atoms. The smallest absolute Gasteiger partial charge is 0.318 e. The molecule has 0 radical (unpaired) electrons. The summed E-state index contributed by atoms with van der Waals surface area (Å²) in [4.78, 5) is 33.5. The number of nitrogens with zero attached hydrogens (tertiary/aromatic N) is 4. The Morgan fingerprint density at radius 2 is 1.93 bits per heavy atom. The fraction of sp³-hybridized carbons (Fsp3) is 0.263. The largest absolute Gasteiger partial charge is 0.429 e. The van der Waals surface area contributed by atoms with Gasteiger partial charge in [-0.15, -0.1) is 0 Å². The average Bonchev–Trinajstić information content (AvgIpc) is 2.99. The zero-order valence-electron chi connectivity index (χ0n) is 14.7. The molecule has 1 fully saturated rings. The number of aromatic nitrogens is 3. The van der Waals surface area contributed by atoms with Crippen molar-refractivity contribution in [3.8, 4) is 0 Å². The van der Waals surface area contributed by atoms with Crippen molar-refractivity contribution in [2.45, 2.75) is 25.8 Å². The van der Waals surface area contributed by atoms with Crippen LogP contribution in [0.4, 0.5) is 0 Å². The SMILES string of the molecule is O=C(N=c1c(Cl)cn(O)cc1Cl)C(=O)c1cn(CC2CCC2)c2ncccc12. The molecule has 1 N–H and O–H groups in total. The van der Waals surface area contributed by atoms with Crippen molar-refractivity contribution >= 4 is 45.9 Å². The molecule has 1 amide bonds. The highest BCUT2D eigenvalue weighted by molar-refractivity contribution is 6.45. The fourth-order valence-corrected chi connectivity index (χ4v) is 3.81. The van der Waals surface area contributed by atoms with Gasteiger partial charge in [0.15, 0.2) is 0 Å². The van der Waals surface area contributed by atoms with Gasteiger partial charge in [0.25, 0.3) is 5.78 Å². The Bertz CT molecular complexity index is 1140. The Morgan fingerprint density at radius 1 is 1.21 bits per heavy atom. The van der Waals surface area contributed by atoms with Gasteiger partial charge in [-0.3, -0.25) is 9.59 Å². The molecule has 144 valence electrons. The molecule has 9 heteroatoms. The van der Waals surface area contributed by atoms with Gasteiger partial charge >= 0.3 is 5.91 Å². The number of Topliss-reactive ketones (excluding diaryl/α,β-unsaturated/α-hetero) is 1. The second-order valence-corrected chi connectivity index (χ2v) is 7.61. The van der Waals surface area contributed by atoms with Gasteiger partial charge < -0.3 is 9.77 Å². The fourth-order valence-electron chi connectivity index (χ4n) is 3.28.